The summed E-state index contributed by atoms with van der Waals surface area (Å²) in [5.41, 5.74) is 0.292. The molecule has 29 heavy (non-hydrogen) atoms. The van der Waals surface area contributed by atoms with Gasteiger partial charge in [0.05, 0.1) is 59.5 Å². The monoisotopic (exact) mass is 419 g/mol. The molecule has 0 atom stereocenters. The van der Waals surface area contributed by atoms with Crippen molar-refractivity contribution in [2.75, 3.05) is 66.0 Å². The predicted octanol–water partition coefficient (Wildman–Crippen LogP) is 3.94. The molecule has 0 aliphatic rings. The highest BCUT2D eigenvalue weighted by atomic mass is 16.6. The molecule has 0 aliphatic heterocycles. The van der Waals surface area contributed by atoms with Crippen molar-refractivity contribution in [3.05, 3.63) is 0 Å². The van der Waals surface area contributed by atoms with Crippen molar-refractivity contribution in [3.63, 3.8) is 0 Å². The second-order valence-corrected chi connectivity index (χ2v) is 7.69. The molecule has 6 nitrogen and oxygen atoms in total. The molecule has 176 valence electrons. The van der Waals surface area contributed by atoms with Crippen LogP contribution in [0.15, 0.2) is 0 Å². The number of unbranched alkanes of at least 4 members (excludes halogenated alkanes) is 3. The van der Waals surface area contributed by atoms with Gasteiger partial charge in [-0.05, 0) is 19.3 Å². The molecule has 0 amide bonds. The molecule has 0 unspecified atom stereocenters. The maximum absolute atomic E-state index is 8.58. The zero-order valence-corrected chi connectivity index (χ0v) is 19.5. The highest BCUT2D eigenvalue weighted by molar-refractivity contribution is 4.87. The summed E-state index contributed by atoms with van der Waals surface area (Å²) in [6.07, 6.45) is 11.5. The van der Waals surface area contributed by atoms with Crippen molar-refractivity contribution in [1.29, 1.82) is 0 Å². The highest BCUT2D eigenvalue weighted by Gasteiger charge is 2.27. The number of rotatable bonds is 24. The van der Waals surface area contributed by atoms with Gasteiger partial charge < -0.3 is 29.4 Å². The van der Waals surface area contributed by atoms with Crippen LogP contribution in [0.3, 0.4) is 0 Å². The van der Waals surface area contributed by atoms with Crippen LogP contribution in [0.2, 0.25) is 0 Å². The summed E-state index contributed by atoms with van der Waals surface area (Å²) >= 11 is 0. The molecular weight excluding hydrogens is 370 g/mol. The zero-order valence-electron chi connectivity index (χ0n) is 19.5. The normalized spacial score (nSPS) is 12.0. The Labute approximate surface area is 180 Å². The van der Waals surface area contributed by atoms with E-state index in [1.807, 2.05) is 0 Å². The lowest BCUT2D eigenvalue weighted by atomic mass is 9.82. The Morgan fingerprint density at radius 2 is 0.966 bits per heavy atom. The molecule has 0 aromatic carbocycles. The molecule has 0 spiro atoms. The Morgan fingerprint density at radius 3 is 1.34 bits per heavy atom. The van der Waals surface area contributed by atoms with Crippen LogP contribution >= 0.6 is 0 Å². The van der Waals surface area contributed by atoms with E-state index in [4.69, 9.17) is 24.1 Å². The SMILES string of the molecule is CCCCC(CCCC)(CCCC)NCCOCCOCCOCCOCCO. The third kappa shape index (κ3) is 18.3. The first-order chi connectivity index (χ1) is 14.2. The van der Waals surface area contributed by atoms with E-state index in [9.17, 15) is 0 Å². The maximum Gasteiger partial charge on any atom is 0.0701 e. The lowest BCUT2D eigenvalue weighted by Gasteiger charge is -2.36. The molecule has 0 saturated heterocycles. The lowest BCUT2D eigenvalue weighted by molar-refractivity contribution is -0.00568. The number of nitrogens with one attached hydrogen (secondary N) is 1. The van der Waals surface area contributed by atoms with Gasteiger partial charge in [-0.25, -0.2) is 0 Å². The standard InChI is InChI=1S/C23H49NO5/c1-4-7-10-23(11-8-5-2,12-9-6-3)24-13-15-26-17-19-28-21-22-29-20-18-27-16-14-25/h24-25H,4-22H2,1-3H3. The average Bonchev–Trinajstić information content (AvgIpc) is 2.74. The van der Waals surface area contributed by atoms with Crippen molar-refractivity contribution in [2.45, 2.75) is 84.1 Å². The maximum atomic E-state index is 8.58. The van der Waals surface area contributed by atoms with E-state index in [0.717, 1.165) is 13.2 Å². The van der Waals surface area contributed by atoms with Crippen LogP contribution in [0.25, 0.3) is 0 Å². The number of hydrogen-bond acceptors (Lipinski definition) is 6. The van der Waals surface area contributed by atoms with Crippen LogP contribution < -0.4 is 5.32 Å². The van der Waals surface area contributed by atoms with Crippen LogP contribution in [-0.4, -0.2) is 76.7 Å². The molecule has 0 heterocycles. The Hall–Kier alpha value is -0.240. The van der Waals surface area contributed by atoms with Gasteiger partial charge in [-0.1, -0.05) is 59.3 Å². The van der Waals surface area contributed by atoms with Crippen LogP contribution in [-0.2, 0) is 18.9 Å². The summed E-state index contributed by atoms with van der Waals surface area (Å²) in [5.74, 6) is 0. The van der Waals surface area contributed by atoms with Gasteiger partial charge in [-0.3, -0.25) is 0 Å². The highest BCUT2D eigenvalue weighted by Crippen LogP contribution is 2.27. The van der Waals surface area contributed by atoms with E-state index in [1.165, 1.54) is 57.8 Å². The molecule has 0 fully saturated rings. The fraction of sp³-hybridized carbons (Fsp3) is 1.00. The fourth-order valence-electron chi connectivity index (χ4n) is 3.40. The Morgan fingerprint density at radius 1 is 0.586 bits per heavy atom. The van der Waals surface area contributed by atoms with Gasteiger partial charge in [0.2, 0.25) is 0 Å². The van der Waals surface area contributed by atoms with Crippen LogP contribution in [0.4, 0.5) is 0 Å². The van der Waals surface area contributed by atoms with Gasteiger partial charge >= 0.3 is 0 Å². The second-order valence-electron chi connectivity index (χ2n) is 7.69. The molecule has 0 aliphatic carbocycles. The van der Waals surface area contributed by atoms with E-state index in [2.05, 4.69) is 26.1 Å². The summed E-state index contributed by atoms with van der Waals surface area (Å²) in [6.45, 7) is 12.3. The lowest BCUT2D eigenvalue weighted by Crippen LogP contribution is -2.46. The van der Waals surface area contributed by atoms with Crippen LogP contribution in [0.1, 0.15) is 78.6 Å². The largest absolute Gasteiger partial charge is 0.394 e. The zero-order chi connectivity index (χ0) is 21.5. The van der Waals surface area contributed by atoms with Gasteiger partial charge in [-0.2, -0.15) is 0 Å². The number of hydrogen-bond donors (Lipinski definition) is 2. The molecule has 0 radical (unpaired) electrons. The predicted molar refractivity (Wildman–Crippen MR) is 120 cm³/mol. The summed E-state index contributed by atoms with van der Waals surface area (Å²) in [4.78, 5) is 0. The van der Waals surface area contributed by atoms with Crippen molar-refractivity contribution in [1.82, 2.24) is 5.32 Å². The third-order valence-corrected chi connectivity index (χ3v) is 5.12. The molecule has 0 bridgehead atoms. The molecule has 0 aromatic heterocycles. The molecule has 2 N–H and O–H groups in total. The molecule has 6 heteroatoms. The van der Waals surface area contributed by atoms with Crippen molar-refractivity contribution in [3.8, 4) is 0 Å². The number of aliphatic hydroxyl groups is 1. The van der Waals surface area contributed by atoms with Crippen LogP contribution in [0, 0.1) is 0 Å². The number of aliphatic hydroxyl groups excluding tert-OH is 1. The van der Waals surface area contributed by atoms with Gasteiger partial charge in [0.15, 0.2) is 0 Å². The first kappa shape index (κ1) is 28.8. The minimum Gasteiger partial charge on any atom is -0.394 e. The van der Waals surface area contributed by atoms with Crippen molar-refractivity contribution >= 4 is 0 Å². The van der Waals surface area contributed by atoms with Gasteiger partial charge in [-0.15, -0.1) is 0 Å². The fourth-order valence-corrected chi connectivity index (χ4v) is 3.40. The molecule has 0 rings (SSSR count). The van der Waals surface area contributed by atoms with E-state index in [0.29, 0.717) is 51.8 Å². The molecule has 0 saturated carbocycles. The topological polar surface area (TPSA) is 69.2 Å². The average molecular weight is 420 g/mol. The number of ether oxygens (including phenoxy) is 4. The van der Waals surface area contributed by atoms with E-state index in [-0.39, 0.29) is 6.61 Å². The van der Waals surface area contributed by atoms with Gasteiger partial charge in [0.1, 0.15) is 0 Å². The smallest absolute Gasteiger partial charge is 0.0701 e. The first-order valence-electron chi connectivity index (χ1n) is 11.9. The quantitative estimate of drug-likeness (QED) is 0.231. The Balaban J connectivity index is 3.79. The van der Waals surface area contributed by atoms with E-state index < -0.39 is 0 Å². The summed E-state index contributed by atoms with van der Waals surface area (Å²) in [6, 6.07) is 0. The minimum atomic E-state index is 0.0514. The first-order valence-corrected chi connectivity index (χ1v) is 11.9. The Kier molecular flexibility index (Phi) is 22.3. The van der Waals surface area contributed by atoms with Crippen molar-refractivity contribution in [2.24, 2.45) is 0 Å². The Bertz CT molecular complexity index is 296. The minimum absolute atomic E-state index is 0.0514. The molecule has 0 aromatic rings. The second kappa shape index (κ2) is 22.4. The third-order valence-electron chi connectivity index (χ3n) is 5.12. The van der Waals surface area contributed by atoms with E-state index in [1.54, 1.807) is 0 Å². The summed E-state index contributed by atoms with van der Waals surface area (Å²) < 4.78 is 21.7. The van der Waals surface area contributed by atoms with Gasteiger partial charge in [0, 0.05) is 12.1 Å². The van der Waals surface area contributed by atoms with Crippen molar-refractivity contribution < 1.29 is 24.1 Å². The van der Waals surface area contributed by atoms with Gasteiger partial charge in [0.25, 0.3) is 0 Å². The van der Waals surface area contributed by atoms with E-state index >= 15 is 0 Å². The van der Waals surface area contributed by atoms with Crippen LogP contribution in [0.5, 0.6) is 0 Å². The summed E-state index contributed by atoms with van der Waals surface area (Å²) in [7, 11) is 0. The summed E-state index contributed by atoms with van der Waals surface area (Å²) in [5, 5.41) is 12.4. The molecular formula is C23H49NO5.